The molecule has 3 atom stereocenters. The molecule has 37 heavy (non-hydrogen) atoms. The van der Waals surface area contributed by atoms with E-state index in [0.29, 0.717) is 29.4 Å². The van der Waals surface area contributed by atoms with Crippen molar-refractivity contribution in [3.63, 3.8) is 0 Å². The lowest BCUT2D eigenvalue weighted by Crippen LogP contribution is -2.48. The number of aromatic amines is 1. The van der Waals surface area contributed by atoms with Crippen LogP contribution in [0.1, 0.15) is 57.8 Å². The third kappa shape index (κ3) is 5.30. The van der Waals surface area contributed by atoms with Gasteiger partial charge in [-0.15, -0.1) is 0 Å². The van der Waals surface area contributed by atoms with Gasteiger partial charge in [0.1, 0.15) is 23.0 Å². The first-order valence-corrected chi connectivity index (χ1v) is 12.9. The quantitative estimate of drug-likeness (QED) is 0.302. The van der Waals surface area contributed by atoms with E-state index in [2.05, 4.69) is 27.5 Å². The zero-order valence-corrected chi connectivity index (χ0v) is 21.1. The highest BCUT2D eigenvalue weighted by Gasteiger charge is 2.31. The first kappa shape index (κ1) is 24.8. The maximum atomic E-state index is 14.1. The molecule has 1 fully saturated rings. The summed E-state index contributed by atoms with van der Waals surface area (Å²) in [5, 5.41) is 6.98. The van der Waals surface area contributed by atoms with Crippen LogP contribution < -0.4 is 10.6 Å². The first-order chi connectivity index (χ1) is 17.9. The number of hydrogen-bond acceptors (Lipinski definition) is 5. The van der Waals surface area contributed by atoms with E-state index in [1.54, 1.807) is 19.1 Å². The van der Waals surface area contributed by atoms with Crippen molar-refractivity contribution in [1.29, 1.82) is 0 Å². The number of halogens is 1. The number of H-pyrrole nitrogens is 1. The lowest BCUT2D eigenvalue weighted by Gasteiger charge is -2.36. The predicted molar refractivity (Wildman–Crippen MR) is 140 cm³/mol. The largest absolute Gasteiger partial charge is 0.441 e. The molecule has 1 saturated heterocycles. The third-order valence-electron chi connectivity index (χ3n) is 7.11. The molecule has 0 aliphatic carbocycles. The first-order valence-electron chi connectivity index (χ1n) is 12.9. The van der Waals surface area contributed by atoms with E-state index in [-0.39, 0.29) is 29.8 Å². The number of amides is 2. The number of hydrogen-bond donors (Lipinski definition) is 3. The molecule has 2 aromatic heterocycles. The normalized spacial score (nSPS) is 17.6. The zero-order valence-electron chi connectivity index (χ0n) is 21.1. The Bertz CT molecular complexity index is 1380. The van der Waals surface area contributed by atoms with Crippen LogP contribution in [0.3, 0.4) is 0 Å². The standard InChI is InChI=1S/C28H32FN5O3/c1-3-19-10-6-7-14-34(19)25(35)16-22(31-24-15-18-9-4-5-13-23(18)37-24)28(36)30-17(2)27-32-21-12-8-11-20(29)26(21)33-27/h4-5,8-9,11-13,15,17,19,22,31H,3,6-7,10,14,16H2,1-2H3,(H,30,36)(H,32,33)/t17-,19-,22-/m0/s1. The number of furan rings is 1. The molecule has 2 aromatic carbocycles. The van der Waals surface area contributed by atoms with Crippen molar-refractivity contribution >= 4 is 39.7 Å². The van der Waals surface area contributed by atoms with Gasteiger partial charge in [0, 0.05) is 24.0 Å². The summed E-state index contributed by atoms with van der Waals surface area (Å²) in [5.74, 6) is -0.00994. The topological polar surface area (TPSA) is 103 Å². The van der Waals surface area contributed by atoms with Gasteiger partial charge in [0.25, 0.3) is 0 Å². The smallest absolute Gasteiger partial charge is 0.243 e. The maximum absolute atomic E-state index is 14.1. The van der Waals surface area contributed by atoms with Crippen LogP contribution in [0.4, 0.5) is 10.3 Å². The number of likely N-dealkylation sites (tertiary alicyclic amines) is 1. The Labute approximate surface area is 214 Å². The second kappa shape index (κ2) is 10.6. The molecule has 9 heteroatoms. The summed E-state index contributed by atoms with van der Waals surface area (Å²) in [6, 6.07) is 12.9. The van der Waals surface area contributed by atoms with Crippen LogP contribution in [0.2, 0.25) is 0 Å². The summed E-state index contributed by atoms with van der Waals surface area (Å²) >= 11 is 0. The molecule has 5 rings (SSSR count). The molecule has 0 bridgehead atoms. The number of nitrogens with one attached hydrogen (secondary N) is 3. The van der Waals surface area contributed by atoms with Gasteiger partial charge in [-0.25, -0.2) is 9.37 Å². The summed E-state index contributed by atoms with van der Waals surface area (Å²) in [7, 11) is 0. The molecule has 3 heterocycles. The van der Waals surface area contributed by atoms with Crippen molar-refractivity contribution in [2.45, 2.75) is 64.1 Å². The third-order valence-corrected chi connectivity index (χ3v) is 7.11. The second-order valence-corrected chi connectivity index (χ2v) is 9.68. The van der Waals surface area contributed by atoms with Crippen LogP contribution in [-0.2, 0) is 9.59 Å². The molecule has 0 radical (unpaired) electrons. The number of aromatic nitrogens is 2. The summed E-state index contributed by atoms with van der Waals surface area (Å²) in [4.78, 5) is 36.2. The fourth-order valence-electron chi connectivity index (χ4n) is 5.08. The molecule has 0 spiro atoms. The monoisotopic (exact) mass is 505 g/mol. The molecule has 8 nitrogen and oxygen atoms in total. The maximum Gasteiger partial charge on any atom is 0.243 e. The van der Waals surface area contributed by atoms with Gasteiger partial charge < -0.3 is 24.9 Å². The van der Waals surface area contributed by atoms with Crippen LogP contribution in [0.25, 0.3) is 22.0 Å². The van der Waals surface area contributed by atoms with Gasteiger partial charge in [0.2, 0.25) is 11.8 Å². The summed E-state index contributed by atoms with van der Waals surface area (Å²) in [6.07, 6.45) is 3.94. The molecular weight excluding hydrogens is 473 g/mol. The molecule has 0 unspecified atom stereocenters. The van der Waals surface area contributed by atoms with Crippen LogP contribution >= 0.6 is 0 Å². The second-order valence-electron chi connectivity index (χ2n) is 9.68. The van der Waals surface area contributed by atoms with Crippen LogP contribution in [0.5, 0.6) is 0 Å². The zero-order chi connectivity index (χ0) is 25.9. The number of nitrogens with zero attached hydrogens (tertiary/aromatic N) is 2. The van der Waals surface area contributed by atoms with Crippen molar-refractivity contribution in [3.05, 3.63) is 60.2 Å². The minimum absolute atomic E-state index is 0.0130. The minimum Gasteiger partial charge on any atom is -0.441 e. The van der Waals surface area contributed by atoms with Crippen molar-refractivity contribution in [2.75, 3.05) is 11.9 Å². The van der Waals surface area contributed by atoms with E-state index in [9.17, 15) is 14.0 Å². The summed E-state index contributed by atoms with van der Waals surface area (Å²) < 4.78 is 20.0. The number of imidazole rings is 1. The molecule has 4 aromatic rings. The molecule has 0 saturated carbocycles. The fourth-order valence-corrected chi connectivity index (χ4v) is 5.08. The Balaban J connectivity index is 1.36. The predicted octanol–water partition coefficient (Wildman–Crippen LogP) is 5.29. The molecular formula is C28H32FN5O3. The van der Waals surface area contributed by atoms with Crippen LogP contribution in [0.15, 0.2) is 52.9 Å². The molecule has 1 aliphatic heterocycles. The molecule has 2 amide bonds. The van der Waals surface area contributed by atoms with Crippen LogP contribution in [-0.4, -0.2) is 45.3 Å². The summed E-state index contributed by atoms with van der Waals surface area (Å²) in [5.41, 5.74) is 1.47. The van der Waals surface area contributed by atoms with E-state index >= 15 is 0 Å². The van der Waals surface area contributed by atoms with Crippen molar-refractivity contribution in [3.8, 4) is 0 Å². The number of rotatable bonds is 8. The SMILES string of the molecule is CC[C@H]1CCCCN1C(=O)C[C@H](Nc1cc2ccccc2o1)C(=O)N[C@@H](C)c1nc2c(F)cccc2[nH]1. The van der Waals surface area contributed by atoms with E-state index in [0.717, 1.165) is 31.1 Å². The van der Waals surface area contributed by atoms with Crippen LogP contribution in [0, 0.1) is 5.82 Å². The lowest BCUT2D eigenvalue weighted by molar-refractivity contribution is -0.137. The average molecular weight is 506 g/mol. The highest BCUT2D eigenvalue weighted by molar-refractivity contribution is 5.91. The molecule has 3 N–H and O–H groups in total. The highest BCUT2D eigenvalue weighted by atomic mass is 19.1. The number of anilines is 1. The Morgan fingerprint density at radius 3 is 2.84 bits per heavy atom. The Hall–Kier alpha value is -3.88. The van der Waals surface area contributed by atoms with Gasteiger partial charge in [0.05, 0.1) is 18.0 Å². The van der Waals surface area contributed by atoms with Gasteiger partial charge >= 0.3 is 0 Å². The van der Waals surface area contributed by atoms with Crippen molar-refractivity contribution < 1.29 is 18.4 Å². The minimum atomic E-state index is -0.865. The number of para-hydroxylation sites is 2. The van der Waals surface area contributed by atoms with Gasteiger partial charge in [-0.3, -0.25) is 9.59 Å². The fraction of sp³-hybridized carbons (Fsp3) is 0.393. The number of carbonyl (C=O) groups is 2. The van der Waals surface area contributed by atoms with E-state index in [1.165, 1.54) is 6.07 Å². The Morgan fingerprint density at radius 2 is 2.05 bits per heavy atom. The van der Waals surface area contributed by atoms with Gasteiger partial charge in [-0.2, -0.15) is 0 Å². The number of benzene rings is 2. The van der Waals surface area contributed by atoms with E-state index < -0.39 is 17.9 Å². The summed E-state index contributed by atoms with van der Waals surface area (Å²) in [6.45, 7) is 4.56. The molecule has 194 valence electrons. The van der Waals surface area contributed by atoms with Gasteiger partial charge in [-0.1, -0.05) is 31.2 Å². The van der Waals surface area contributed by atoms with Crippen molar-refractivity contribution in [1.82, 2.24) is 20.2 Å². The van der Waals surface area contributed by atoms with E-state index in [1.807, 2.05) is 35.2 Å². The Kier molecular flexibility index (Phi) is 7.12. The average Bonchev–Trinajstić information content (AvgIpc) is 3.53. The number of carbonyl (C=O) groups excluding carboxylic acids is 2. The lowest BCUT2D eigenvalue weighted by atomic mass is 9.99. The van der Waals surface area contributed by atoms with Gasteiger partial charge in [0.15, 0.2) is 11.7 Å². The highest BCUT2D eigenvalue weighted by Crippen LogP contribution is 2.26. The number of fused-ring (bicyclic) bond motifs is 2. The molecule has 1 aliphatic rings. The van der Waals surface area contributed by atoms with Gasteiger partial charge in [-0.05, 0) is 50.8 Å². The number of piperidine rings is 1. The van der Waals surface area contributed by atoms with E-state index in [4.69, 9.17) is 4.42 Å². The van der Waals surface area contributed by atoms with Crippen molar-refractivity contribution in [2.24, 2.45) is 0 Å². The Morgan fingerprint density at radius 1 is 1.22 bits per heavy atom.